The van der Waals surface area contributed by atoms with Gasteiger partial charge in [0, 0.05) is 6.04 Å². The van der Waals surface area contributed by atoms with Gasteiger partial charge in [0.05, 0.1) is 17.1 Å². The monoisotopic (exact) mass is 291 g/mol. The Labute approximate surface area is 108 Å². The number of anilines is 1. The maximum atomic E-state index is 13.6. The van der Waals surface area contributed by atoms with Gasteiger partial charge < -0.3 is 10.4 Å². The minimum absolute atomic E-state index is 0.0267. The highest BCUT2D eigenvalue weighted by atomic mass is 32.2. The lowest BCUT2D eigenvalue weighted by atomic mass is 10.1. The Kier molecular flexibility index (Phi) is 3.44. The lowest BCUT2D eigenvalue weighted by Gasteiger charge is -2.14. The third-order valence-electron chi connectivity index (χ3n) is 2.87. The van der Waals surface area contributed by atoms with Crippen molar-refractivity contribution in [3.8, 4) is 0 Å². The van der Waals surface area contributed by atoms with Gasteiger partial charge in [0.2, 0.25) is 0 Å². The molecule has 5 nitrogen and oxygen atoms in total. The fourth-order valence-electron chi connectivity index (χ4n) is 1.95. The van der Waals surface area contributed by atoms with Crippen LogP contribution in [0.3, 0.4) is 0 Å². The zero-order chi connectivity index (χ0) is 14.2. The molecule has 1 heterocycles. The summed E-state index contributed by atoms with van der Waals surface area (Å²) >= 11 is 0. The number of aromatic carboxylic acids is 1. The number of carboxylic acids is 1. The van der Waals surface area contributed by atoms with Crippen LogP contribution in [0, 0.1) is 11.6 Å². The summed E-state index contributed by atoms with van der Waals surface area (Å²) in [4.78, 5) is 10.6. The average molecular weight is 291 g/mol. The molecular formula is C11H11F2NO4S. The number of carboxylic acid groups (broad SMARTS) is 1. The lowest BCUT2D eigenvalue weighted by Crippen LogP contribution is -2.22. The Balaban J connectivity index is 2.24. The van der Waals surface area contributed by atoms with Crippen molar-refractivity contribution in [1.29, 1.82) is 0 Å². The van der Waals surface area contributed by atoms with E-state index in [1.807, 2.05) is 0 Å². The van der Waals surface area contributed by atoms with Crippen LogP contribution in [-0.2, 0) is 9.84 Å². The first-order chi connectivity index (χ1) is 8.78. The van der Waals surface area contributed by atoms with E-state index in [0.29, 0.717) is 12.1 Å². The zero-order valence-corrected chi connectivity index (χ0v) is 10.5. The largest absolute Gasteiger partial charge is 0.478 e. The first-order valence-corrected chi connectivity index (χ1v) is 7.30. The summed E-state index contributed by atoms with van der Waals surface area (Å²) in [5, 5.41) is 11.1. The van der Waals surface area contributed by atoms with Gasteiger partial charge in [-0.2, -0.15) is 0 Å². The summed E-state index contributed by atoms with van der Waals surface area (Å²) in [7, 11) is -3.16. The predicted molar refractivity (Wildman–Crippen MR) is 64.0 cm³/mol. The smallest absolute Gasteiger partial charge is 0.335 e. The maximum absolute atomic E-state index is 13.6. The molecule has 0 aliphatic carbocycles. The van der Waals surface area contributed by atoms with Gasteiger partial charge in [0.1, 0.15) is 17.3 Å². The van der Waals surface area contributed by atoms with Crippen molar-refractivity contribution in [2.45, 2.75) is 12.5 Å². The average Bonchev–Trinajstić information content (AvgIpc) is 2.63. The molecule has 2 N–H and O–H groups in total. The molecule has 1 saturated heterocycles. The molecule has 19 heavy (non-hydrogen) atoms. The second-order valence-electron chi connectivity index (χ2n) is 4.36. The van der Waals surface area contributed by atoms with E-state index in [1.54, 1.807) is 0 Å². The van der Waals surface area contributed by atoms with Crippen LogP contribution in [0.25, 0.3) is 0 Å². The fraction of sp³-hybridized carbons (Fsp3) is 0.364. The van der Waals surface area contributed by atoms with E-state index in [0.717, 1.165) is 0 Å². The van der Waals surface area contributed by atoms with Crippen LogP contribution in [0.2, 0.25) is 0 Å². The Hall–Kier alpha value is -1.70. The Morgan fingerprint density at radius 1 is 1.32 bits per heavy atom. The van der Waals surface area contributed by atoms with Gasteiger partial charge in [-0.15, -0.1) is 0 Å². The van der Waals surface area contributed by atoms with Crippen molar-refractivity contribution in [3.05, 3.63) is 29.3 Å². The topological polar surface area (TPSA) is 83.5 Å². The van der Waals surface area contributed by atoms with Crippen LogP contribution in [0.5, 0.6) is 0 Å². The van der Waals surface area contributed by atoms with E-state index in [2.05, 4.69) is 5.32 Å². The Morgan fingerprint density at radius 3 is 2.32 bits per heavy atom. The van der Waals surface area contributed by atoms with Gasteiger partial charge in [-0.3, -0.25) is 0 Å². The molecule has 8 heteroatoms. The van der Waals surface area contributed by atoms with E-state index >= 15 is 0 Å². The first-order valence-electron chi connectivity index (χ1n) is 5.48. The molecule has 1 aliphatic heterocycles. The van der Waals surface area contributed by atoms with Crippen LogP contribution >= 0.6 is 0 Å². The number of hydrogen-bond donors (Lipinski definition) is 2. The number of sulfone groups is 1. The van der Waals surface area contributed by atoms with Crippen LogP contribution in [0.1, 0.15) is 16.8 Å². The van der Waals surface area contributed by atoms with Crippen LogP contribution < -0.4 is 5.32 Å². The minimum Gasteiger partial charge on any atom is -0.478 e. The van der Waals surface area contributed by atoms with Crippen molar-refractivity contribution in [1.82, 2.24) is 0 Å². The third kappa shape index (κ3) is 3.01. The van der Waals surface area contributed by atoms with Crippen LogP contribution in [0.15, 0.2) is 12.1 Å². The Bertz CT molecular complexity index is 607. The van der Waals surface area contributed by atoms with E-state index in [4.69, 9.17) is 5.11 Å². The summed E-state index contributed by atoms with van der Waals surface area (Å²) < 4.78 is 49.7. The van der Waals surface area contributed by atoms with Crippen LogP contribution in [-0.4, -0.2) is 37.0 Å². The van der Waals surface area contributed by atoms with E-state index < -0.39 is 44.7 Å². The molecule has 0 bridgehead atoms. The van der Waals surface area contributed by atoms with E-state index in [1.165, 1.54) is 0 Å². The van der Waals surface area contributed by atoms with Gasteiger partial charge in [0.25, 0.3) is 0 Å². The van der Waals surface area contributed by atoms with Crippen molar-refractivity contribution in [3.63, 3.8) is 0 Å². The molecular weight excluding hydrogens is 280 g/mol. The summed E-state index contributed by atoms with van der Waals surface area (Å²) in [5.41, 5.74) is -0.994. The van der Waals surface area contributed by atoms with Crippen molar-refractivity contribution < 1.29 is 27.1 Å². The number of hydrogen-bond acceptors (Lipinski definition) is 4. The predicted octanol–water partition coefficient (Wildman–Crippen LogP) is 1.26. The normalized spacial score (nSPS) is 21.3. The van der Waals surface area contributed by atoms with E-state index in [-0.39, 0.29) is 17.9 Å². The summed E-state index contributed by atoms with van der Waals surface area (Å²) in [6.45, 7) is 0. The molecule has 0 saturated carbocycles. The summed E-state index contributed by atoms with van der Waals surface area (Å²) in [6.07, 6.45) is 0.266. The number of carbonyl (C=O) groups is 1. The van der Waals surface area contributed by atoms with Crippen LogP contribution in [0.4, 0.5) is 14.5 Å². The van der Waals surface area contributed by atoms with Crippen molar-refractivity contribution >= 4 is 21.5 Å². The molecule has 1 aromatic rings. The van der Waals surface area contributed by atoms with Gasteiger partial charge >= 0.3 is 5.97 Å². The molecule has 1 aliphatic rings. The molecule has 0 aromatic heterocycles. The minimum atomic E-state index is -3.16. The van der Waals surface area contributed by atoms with Gasteiger partial charge in [-0.05, 0) is 18.6 Å². The molecule has 104 valence electrons. The quantitative estimate of drug-likeness (QED) is 0.876. The van der Waals surface area contributed by atoms with E-state index in [9.17, 15) is 22.0 Å². The van der Waals surface area contributed by atoms with Crippen molar-refractivity contribution in [2.75, 3.05) is 16.8 Å². The first kappa shape index (κ1) is 13.7. The third-order valence-corrected chi connectivity index (χ3v) is 4.64. The number of benzene rings is 1. The second-order valence-corrected chi connectivity index (χ2v) is 6.59. The standard InChI is InChI=1S/C11H11F2NO4S/c12-8-3-6(11(15)16)4-9(13)10(8)14-7-1-2-19(17,18)5-7/h3-4,7,14H,1-2,5H2,(H,15,16). The van der Waals surface area contributed by atoms with Gasteiger partial charge in [-0.25, -0.2) is 22.0 Å². The number of rotatable bonds is 3. The number of halogens is 2. The lowest BCUT2D eigenvalue weighted by molar-refractivity contribution is 0.0696. The van der Waals surface area contributed by atoms with Gasteiger partial charge in [0.15, 0.2) is 9.84 Å². The fourth-order valence-corrected chi connectivity index (χ4v) is 3.62. The van der Waals surface area contributed by atoms with Crippen molar-refractivity contribution in [2.24, 2.45) is 0 Å². The maximum Gasteiger partial charge on any atom is 0.335 e. The highest BCUT2D eigenvalue weighted by Gasteiger charge is 2.29. The zero-order valence-electron chi connectivity index (χ0n) is 9.69. The highest BCUT2D eigenvalue weighted by Crippen LogP contribution is 2.24. The summed E-state index contributed by atoms with van der Waals surface area (Å²) in [5.74, 6) is -3.76. The molecule has 1 atom stereocenters. The molecule has 1 unspecified atom stereocenters. The highest BCUT2D eigenvalue weighted by molar-refractivity contribution is 7.91. The molecule has 0 spiro atoms. The SMILES string of the molecule is O=C(O)c1cc(F)c(NC2CCS(=O)(=O)C2)c(F)c1. The molecule has 1 fully saturated rings. The second kappa shape index (κ2) is 4.76. The Morgan fingerprint density at radius 2 is 1.89 bits per heavy atom. The molecule has 2 rings (SSSR count). The molecule has 0 radical (unpaired) electrons. The number of nitrogens with one attached hydrogen (secondary N) is 1. The summed E-state index contributed by atoms with van der Waals surface area (Å²) in [6, 6.07) is 0.818. The molecule has 0 amide bonds. The molecule has 1 aromatic carbocycles. The van der Waals surface area contributed by atoms with Gasteiger partial charge in [-0.1, -0.05) is 0 Å².